The van der Waals surface area contributed by atoms with E-state index in [2.05, 4.69) is 31.2 Å². The second kappa shape index (κ2) is 6.19. The molecule has 0 bridgehead atoms. The van der Waals surface area contributed by atoms with Gasteiger partial charge in [-0.1, -0.05) is 29.8 Å². The summed E-state index contributed by atoms with van der Waals surface area (Å²) in [4.78, 5) is 12.0. The third kappa shape index (κ3) is 3.68. The third-order valence-electron chi connectivity index (χ3n) is 3.17. The number of aryl methyl sites for hydroxylation is 2. The first-order chi connectivity index (χ1) is 9.19. The smallest absolute Gasteiger partial charge is 0.163 e. The maximum atomic E-state index is 12.0. The summed E-state index contributed by atoms with van der Waals surface area (Å²) in [6.45, 7) is 2.06. The van der Waals surface area contributed by atoms with Gasteiger partial charge < -0.3 is 4.74 Å². The van der Waals surface area contributed by atoms with Crippen LogP contribution in [0.2, 0.25) is 0 Å². The van der Waals surface area contributed by atoms with E-state index in [0.29, 0.717) is 6.42 Å². The molecule has 2 aromatic carbocycles. The van der Waals surface area contributed by atoms with Gasteiger partial charge >= 0.3 is 0 Å². The van der Waals surface area contributed by atoms with E-state index in [1.54, 1.807) is 7.11 Å². The first-order valence-corrected chi connectivity index (χ1v) is 6.42. The minimum Gasteiger partial charge on any atom is -0.497 e. The van der Waals surface area contributed by atoms with Crippen molar-refractivity contribution in [2.24, 2.45) is 0 Å². The van der Waals surface area contributed by atoms with Crippen molar-refractivity contribution in [1.82, 2.24) is 0 Å². The fourth-order valence-electron chi connectivity index (χ4n) is 1.93. The maximum Gasteiger partial charge on any atom is 0.163 e. The topological polar surface area (TPSA) is 26.3 Å². The Bertz CT molecular complexity index is 538. The van der Waals surface area contributed by atoms with Crippen LogP contribution in [-0.2, 0) is 6.42 Å². The summed E-state index contributed by atoms with van der Waals surface area (Å²) in [6, 6.07) is 15.6. The molecule has 98 valence electrons. The average molecular weight is 254 g/mol. The molecule has 0 amide bonds. The molecular formula is C17H18O2. The zero-order valence-corrected chi connectivity index (χ0v) is 11.3. The lowest BCUT2D eigenvalue weighted by Gasteiger charge is -2.04. The monoisotopic (exact) mass is 254 g/mol. The van der Waals surface area contributed by atoms with Gasteiger partial charge in [0.2, 0.25) is 0 Å². The Balaban J connectivity index is 1.95. The van der Waals surface area contributed by atoms with Crippen LogP contribution in [0.3, 0.4) is 0 Å². The fraction of sp³-hybridized carbons (Fsp3) is 0.235. The van der Waals surface area contributed by atoms with Crippen molar-refractivity contribution in [2.75, 3.05) is 7.11 Å². The summed E-state index contributed by atoms with van der Waals surface area (Å²) in [6.07, 6.45) is 1.32. The zero-order chi connectivity index (χ0) is 13.7. The van der Waals surface area contributed by atoms with Crippen molar-refractivity contribution in [3.63, 3.8) is 0 Å². The van der Waals surface area contributed by atoms with Crippen LogP contribution >= 0.6 is 0 Å². The van der Waals surface area contributed by atoms with E-state index in [4.69, 9.17) is 4.74 Å². The average Bonchev–Trinajstić information content (AvgIpc) is 2.46. The Morgan fingerprint density at radius 3 is 2.21 bits per heavy atom. The largest absolute Gasteiger partial charge is 0.497 e. The minimum absolute atomic E-state index is 0.170. The molecule has 0 aromatic heterocycles. The first-order valence-electron chi connectivity index (χ1n) is 6.42. The molecule has 0 aliphatic heterocycles. The molecule has 0 atom stereocenters. The molecule has 0 radical (unpaired) electrons. The number of methoxy groups -OCH3 is 1. The molecule has 0 fully saturated rings. The van der Waals surface area contributed by atoms with Crippen LogP contribution in [0.15, 0.2) is 48.5 Å². The van der Waals surface area contributed by atoms with Gasteiger partial charge in [-0.2, -0.15) is 0 Å². The quantitative estimate of drug-likeness (QED) is 0.758. The lowest BCUT2D eigenvalue weighted by molar-refractivity contribution is 0.0983. The molecule has 2 nitrogen and oxygen atoms in total. The number of hydrogen-bond acceptors (Lipinski definition) is 2. The van der Waals surface area contributed by atoms with Gasteiger partial charge in [-0.05, 0) is 43.2 Å². The van der Waals surface area contributed by atoms with Crippen molar-refractivity contribution in [2.45, 2.75) is 19.8 Å². The Morgan fingerprint density at radius 2 is 1.63 bits per heavy atom. The molecule has 0 aliphatic carbocycles. The maximum absolute atomic E-state index is 12.0. The van der Waals surface area contributed by atoms with Gasteiger partial charge in [0, 0.05) is 12.0 Å². The number of ether oxygens (including phenoxy) is 1. The molecule has 2 aromatic rings. The van der Waals surface area contributed by atoms with Crippen LogP contribution in [0.25, 0.3) is 0 Å². The Kier molecular flexibility index (Phi) is 4.35. The number of carbonyl (C=O) groups is 1. The van der Waals surface area contributed by atoms with Gasteiger partial charge in [0.05, 0.1) is 7.11 Å². The standard InChI is InChI=1S/C17H18O2/c1-13-3-5-14(6-4-13)7-12-17(18)15-8-10-16(19-2)11-9-15/h3-6,8-11H,7,12H2,1-2H3. The van der Waals surface area contributed by atoms with Crippen molar-refractivity contribution in [1.29, 1.82) is 0 Å². The lowest BCUT2D eigenvalue weighted by atomic mass is 10.0. The van der Waals surface area contributed by atoms with Crippen molar-refractivity contribution < 1.29 is 9.53 Å². The summed E-state index contributed by atoms with van der Waals surface area (Å²) in [5.41, 5.74) is 3.19. The Labute approximate surface area is 114 Å². The molecule has 2 heteroatoms. The Hall–Kier alpha value is -2.09. The van der Waals surface area contributed by atoms with E-state index in [0.717, 1.165) is 17.7 Å². The van der Waals surface area contributed by atoms with Gasteiger partial charge in [-0.25, -0.2) is 0 Å². The van der Waals surface area contributed by atoms with Crippen LogP contribution in [0.4, 0.5) is 0 Å². The molecule has 0 unspecified atom stereocenters. The van der Waals surface area contributed by atoms with E-state index < -0.39 is 0 Å². The SMILES string of the molecule is COc1ccc(C(=O)CCc2ccc(C)cc2)cc1. The fourth-order valence-corrected chi connectivity index (χ4v) is 1.93. The van der Waals surface area contributed by atoms with Crippen LogP contribution in [0, 0.1) is 6.92 Å². The predicted octanol–water partition coefficient (Wildman–Crippen LogP) is 3.82. The van der Waals surface area contributed by atoms with Crippen LogP contribution in [-0.4, -0.2) is 12.9 Å². The molecule has 0 saturated heterocycles. The summed E-state index contributed by atoms with van der Waals surface area (Å²) in [7, 11) is 1.62. The number of ketones is 1. The molecule has 0 aliphatic rings. The van der Waals surface area contributed by atoms with E-state index >= 15 is 0 Å². The first kappa shape index (κ1) is 13.3. The number of hydrogen-bond donors (Lipinski definition) is 0. The van der Waals surface area contributed by atoms with Crippen molar-refractivity contribution in [3.05, 3.63) is 65.2 Å². The van der Waals surface area contributed by atoms with Gasteiger partial charge in [0.15, 0.2) is 5.78 Å². The summed E-state index contributed by atoms with van der Waals surface area (Å²) >= 11 is 0. The third-order valence-corrected chi connectivity index (χ3v) is 3.17. The number of benzene rings is 2. The van der Waals surface area contributed by atoms with Crippen molar-refractivity contribution >= 4 is 5.78 Å². The highest BCUT2D eigenvalue weighted by molar-refractivity contribution is 5.96. The molecule has 0 heterocycles. The van der Waals surface area contributed by atoms with Crippen LogP contribution < -0.4 is 4.74 Å². The number of carbonyl (C=O) groups excluding carboxylic acids is 1. The Morgan fingerprint density at radius 1 is 1.00 bits per heavy atom. The number of Topliss-reactive ketones (excluding diaryl/α,β-unsaturated/α-hetero) is 1. The predicted molar refractivity (Wildman–Crippen MR) is 76.8 cm³/mol. The second-order valence-electron chi connectivity index (χ2n) is 4.64. The molecule has 0 spiro atoms. The van der Waals surface area contributed by atoms with Gasteiger partial charge in [-0.15, -0.1) is 0 Å². The molecular weight excluding hydrogens is 236 g/mol. The van der Waals surface area contributed by atoms with Crippen LogP contribution in [0.5, 0.6) is 5.75 Å². The van der Waals surface area contributed by atoms with Gasteiger partial charge in [0.25, 0.3) is 0 Å². The minimum atomic E-state index is 0.170. The molecule has 19 heavy (non-hydrogen) atoms. The van der Waals surface area contributed by atoms with Crippen molar-refractivity contribution in [3.8, 4) is 5.75 Å². The molecule has 0 N–H and O–H groups in total. The second-order valence-corrected chi connectivity index (χ2v) is 4.64. The highest BCUT2D eigenvalue weighted by Crippen LogP contribution is 2.14. The molecule has 0 saturated carbocycles. The normalized spacial score (nSPS) is 10.2. The highest BCUT2D eigenvalue weighted by Gasteiger charge is 2.06. The van der Waals surface area contributed by atoms with E-state index in [1.807, 2.05) is 24.3 Å². The van der Waals surface area contributed by atoms with Crippen LogP contribution in [0.1, 0.15) is 27.9 Å². The summed E-state index contributed by atoms with van der Waals surface area (Å²) in [5, 5.41) is 0. The highest BCUT2D eigenvalue weighted by atomic mass is 16.5. The van der Waals surface area contributed by atoms with E-state index in [9.17, 15) is 4.79 Å². The summed E-state index contributed by atoms with van der Waals surface area (Å²) in [5.74, 6) is 0.943. The molecule has 2 rings (SSSR count). The van der Waals surface area contributed by atoms with E-state index in [-0.39, 0.29) is 5.78 Å². The van der Waals surface area contributed by atoms with E-state index in [1.165, 1.54) is 11.1 Å². The van der Waals surface area contributed by atoms with Gasteiger partial charge in [0.1, 0.15) is 5.75 Å². The summed E-state index contributed by atoms with van der Waals surface area (Å²) < 4.78 is 5.08. The lowest BCUT2D eigenvalue weighted by Crippen LogP contribution is -2.01. The van der Waals surface area contributed by atoms with Gasteiger partial charge in [-0.3, -0.25) is 4.79 Å². The zero-order valence-electron chi connectivity index (χ0n) is 11.3. The number of rotatable bonds is 5.